The van der Waals surface area contributed by atoms with Gasteiger partial charge in [-0.05, 0) is 48.9 Å². The third-order valence-electron chi connectivity index (χ3n) is 5.02. The quantitative estimate of drug-likeness (QED) is 0.768. The van der Waals surface area contributed by atoms with Crippen LogP contribution in [0.1, 0.15) is 31.2 Å². The molecule has 0 bridgehead atoms. The molecule has 1 saturated heterocycles. The molecule has 0 saturated carbocycles. The number of pyridine rings is 1. The molecule has 2 aromatic rings. The fourth-order valence-electron chi connectivity index (χ4n) is 3.36. The standard InChI is InChI=1S/C20H24FN3O3S/c21-18-5-1-2-6-19(18)28(26,27)24-12-9-16(10-13-24)7-8-20(25)23-15-17-4-3-11-22-14-17/h1-6,11,14,16H,7-10,12-13,15H2,(H,23,25). The second-order valence-electron chi connectivity index (χ2n) is 6.95. The predicted octanol–water partition coefficient (Wildman–Crippen LogP) is 2.72. The summed E-state index contributed by atoms with van der Waals surface area (Å²) in [5.74, 6) is -0.462. The zero-order valence-electron chi connectivity index (χ0n) is 15.6. The molecule has 1 aliphatic rings. The number of nitrogens with zero attached hydrogens (tertiary/aromatic N) is 2. The zero-order chi connectivity index (χ0) is 20.0. The Morgan fingerprint density at radius 2 is 1.93 bits per heavy atom. The molecule has 150 valence electrons. The molecule has 28 heavy (non-hydrogen) atoms. The van der Waals surface area contributed by atoms with E-state index >= 15 is 0 Å². The van der Waals surface area contributed by atoms with Gasteiger partial charge in [0.15, 0.2) is 0 Å². The monoisotopic (exact) mass is 405 g/mol. The Morgan fingerprint density at radius 1 is 1.18 bits per heavy atom. The SMILES string of the molecule is O=C(CCC1CCN(S(=O)(=O)c2ccccc2F)CC1)NCc1cccnc1. The number of carbonyl (C=O) groups is 1. The van der Waals surface area contributed by atoms with Gasteiger partial charge in [-0.25, -0.2) is 12.8 Å². The van der Waals surface area contributed by atoms with E-state index in [0.717, 1.165) is 11.6 Å². The molecule has 1 aliphatic heterocycles. The minimum absolute atomic E-state index is 0.0229. The predicted molar refractivity (Wildman–Crippen MR) is 103 cm³/mol. The topological polar surface area (TPSA) is 79.4 Å². The van der Waals surface area contributed by atoms with Crippen molar-refractivity contribution in [3.8, 4) is 0 Å². The molecule has 1 amide bonds. The van der Waals surface area contributed by atoms with E-state index in [1.54, 1.807) is 12.4 Å². The first-order valence-corrected chi connectivity index (χ1v) is 10.8. The highest BCUT2D eigenvalue weighted by Crippen LogP contribution is 2.27. The van der Waals surface area contributed by atoms with Crippen LogP contribution in [0.25, 0.3) is 0 Å². The van der Waals surface area contributed by atoms with Gasteiger partial charge in [-0.2, -0.15) is 4.31 Å². The van der Waals surface area contributed by atoms with Crippen LogP contribution in [0.3, 0.4) is 0 Å². The number of halogens is 1. The van der Waals surface area contributed by atoms with Crippen LogP contribution >= 0.6 is 0 Å². The molecular weight excluding hydrogens is 381 g/mol. The second kappa shape index (κ2) is 9.25. The lowest BCUT2D eigenvalue weighted by Crippen LogP contribution is -2.39. The number of amides is 1. The first-order valence-electron chi connectivity index (χ1n) is 9.37. The van der Waals surface area contributed by atoms with Crippen molar-refractivity contribution in [3.05, 3.63) is 60.2 Å². The fourth-order valence-corrected chi connectivity index (χ4v) is 4.89. The fraction of sp³-hybridized carbons (Fsp3) is 0.400. The normalized spacial score (nSPS) is 16.0. The van der Waals surface area contributed by atoms with Crippen molar-refractivity contribution in [2.75, 3.05) is 13.1 Å². The molecule has 0 atom stereocenters. The summed E-state index contributed by atoms with van der Waals surface area (Å²) in [5.41, 5.74) is 0.947. The average molecular weight is 405 g/mol. The van der Waals surface area contributed by atoms with E-state index < -0.39 is 15.8 Å². The Hall–Kier alpha value is -2.32. The maximum Gasteiger partial charge on any atom is 0.245 e. The van der Waals surface area contributed by atoms with Crippen LogP contribution in [-0.4, -0.2) is 36.7 Å². The van der Waals surface area contributed by atoms with Crippen LogP contribution in [-0.2, 0) is 21.4 Å². The van der Waals surface area contributed by atoms with Crippen LogP contribution < -0.4 is 5.32 Å². The summed E-state index contributed by atoms with van der Waals surface area (Å²) in [5, 5.41) is 2.87. The van der Waals surface area contributed by atoms with E-state index in [1.807, 2.05) is 12.1 Å². The van der Waals surface area contributed by atoms with Gasteiger partial charge in [0.2, 0.25) is 15.9 Å². The number of nitrogens with one attached hydrogen (secondary N) is 1. The van der Waals surface area contributed by atoms with E-state index in [-0.39, 0.29) is 16.7 Å². The Labute approximate surface area is 164 Å². The lowest BCUT2D eigenvalue weighted by Gasteiger charge is -2.31. The van der Waals surface area contributed by atoms with Gasteiger partial charge in [0.25, 0.3) is 0 Å². The van der Waals surface area contributed by atoms with Crippen LogP contribution in [0, 0.1) is 11.7 Å². The summed E-state index contributed by atoms with van der Waals surface area (Å²) in [7, 11) is -3.81. The van der Waals surface area contributed by atoms with Gasteiger partial charge < -0.3 is 5.32 Å². The third-order valence-corrected chi connectivity index (χ3v) is 6.95. The summed E-state index contributed by atoms with van der Waals surface area (Å²) in [4.78, 5) is 15.8. The molecule has 2 heterocycles. The van der Waals surface area contributed by atoms with Crippen molar-refractivity contribution >= 4 is 15.9 Å². The van der Waals surface area contributed by atoms with E-state index in [4.69, 9.17) is 0 Å². The van der Waals surface area contributed by atoms with E-state index in [0.29, 0.717) is 45.3 Å². The summed E-state index contributed by atoms with van der Waals surface area (Å²) in [6.07, 6.45) is 5.86. The van der Waals surface area contributed by atoms with Gasteiger partial charge in [-0.3, -0.25) is 9.78 Å². The smallest absolute Gasteiger partial charge is 0.245 e. The molecule has 0 unspecified atom stereocenters. The largest absolute Gasteiger partial charge is 0.352 e. The first kappa shape index (κ1) is 20.4. The molecule has 1 aromatic heterocycles. The zero-order valence-corrected chi connectivity index (χ0v) is 16.4. The van der Waals surface area contributed by atoms with Crippen molar-refractivity contribution in [1.82, 2.24) is 14.6 Å². The molecule has 8 heteroatoms. The van der Waals surface area contributed by atoms with Gasteiger partial charge in [0.1, 0.15) is 10.7 Å². The number of hydrogen-bond acceptors (Lipinski definition) is 4. The number of rotatable bonds is 7. The lowest BCUT2D eigenvalue weighted by molar-refractivity contribution is -0.121. The summed E-state index contributed by atoms with van der Waals surface area (Å²) >= 11 is 0. The summed E-state index contributed by atoms with van der Waals surface area (Å²) < 4.78 is 40.4. The highest BCUT2D eigenvalue weighted by molar-refractivity contribution is 7.89. The molecule has 1 aromatic carbocycles. The number of sulfonamides is 1. The Bertz CT molecular complexity index is 898. The molecule has 1 N–H and O–H groups in total. The second-order valence-corrected chi connectivity index (χ2v) is 8.86. The molecule has 6 nitrogen and oxygen atoms in total. The lowest BCUT2D eigenvalue weighted by atomic mass is 9.93. The number of piperidine rings is 1. The van der Waals surface area contributed by atoms with Crippen molar-refractivity contribution in [2.24, 2.45) is 5.92 Å². The van der Waals surface area contributed by atoms with Crippen molar-refractivity contribution in [3.63, 3.8) is 0 Å². The van der Waals surface area contributed by atoms with E-state index in [1.165, 1.54) is 22.5 Å². The third kappa shape index (κ3) is 5.14. The van der Waals surface area contributed by atoms with Gasteiger partial charge in [0, 0.05) is 38.4 Å². The molecular formula is C20H24FN3O3S. The van der Waals surface area contributed by atoms with E-state index in [9.17, 15) is 17.6 Å². The van der Waals surface area contributed by atoms with Crippen LogP contribution in [0.5, 0.6) is 0 Å². The number of carbonyl (C=O) groups excluding carboxylic acids is 1. The van der Waals surface area contributed by atoms with Crippen molar-refractivity contribution < 1.29 is 17.6 Å². The minimum Gasteiger partial charge on any atom is -0.352 e. The minimum atomic E-state index is -3.81. The van der Waals surface area contributed by atoms with Crippen LogP contribution in [0.15, 0.2) is 53.7 Å². The summed E-state index contributed by atoms with van der Waals surface area (Å²) in [6.45, 7) is 1.14. The Balaban J connectivity index is 1.44. The van der Waals surface area contributed by atoms with Crippen molar-refractivity contribution in [1.29, 1.82) is 0 Å². The first-order chi connectivity index (χ1) is 13.5. The van der Waals surface area contributed by atoms with Gasteiger partial charge in [-0.15, -0.1) is 0 Å². The molecule has 1 fully saturated rings. The maximum atomic E-state index is 13.9. The highest BCUT2D eigenvalue weighted by Gasteiger charge is 2.31. The van der Waals surface area contributed by atoms with Gasteiger partial charge >= 0.3 is 0 Å². The Morgan fingerprint density at radius 3 is 2.61 bits per heavy atom. The van der Waals surface area contributed by atoms with Crippen molar-refractivity contribution in [2.45, 2.75) is 37.1 Å². The van der Waals surface area contributed by atoms with Gasteiger partial charge in [0.05, 0.1) is 0 Å². The number of hydrogen-bond donors (Lipinski definition) is 1. The number of benzene rings is 1. The average Bonchev–Trinajstić information content (AvgIpc) is 2.72. The van der Waals surface area contributed by atoms with E-state index in [2.05, 4.69) is 10.3 Å². The summed E-state index contributed by atoms with van der Waals surface area (Å²) in [6, 6.07) is 9.17. The van der Waals surface area contributed by atoms with Gasteiger partial charge in [-0.1, -0.05) is 18.2 Å². The maximum absolute atomic E-state index is 13.9. The number of aromatic nitrogens is 1. The highest BCUT2D eigenvalue weighted by atomic mass is 32.2. The molecule has 0 spiro atoms. The van der Waals surface area contributed by atoms with Crippen LogP contribution in [0.4, 0.5) is 4.39 Å². The Kier molecular flexibility index (Phi) is 6.74. The molecule has 3 rings (SSSR count). The molecule has 0 aliphatic carbocycles. The van der Waals surface area contributed by atoms with Crippen LogP contribution in [0.2, 0.25) is 0 Å². The molecule has 0 radical (unpaired) electrons.